The van der Waals surface area contributed by atoms with Gasteiger partial charge in [-0.1, -0.05) is 30.3 Å². The third-order valence-corrected chi connectivity index (χ3v) is 3.83. The van der Waals surface area contributed by atoms with Crippen molar-refractivity contribution in [2.45, 2.75) is 32.3 Å². The van der Waals surface area contributed by atoms with Crippen LogP contribution in [0, 0.1) is 0 Å². The largest absolute Gasteiger partial charge is 0.496 e. The van der Waals surface area contributed by atoms with E-state index in [4.69, 9.17) is 18.9 Å². The van der Waals surface area contributed by atoms with Gasteiger partial charge in [-0.25, -0.2) is 0 Å². The lowest BCUT2D eigenvalue weighted by molar-refractivity contribution is -0.297. The minimum Gasteiger partial charge on any atom is -0.496 e. The second-order valence-corrected chi connectivity index (χ2v) is 7.11. The Morgan fingerprint density at radius 2 is 1.63 bits per heavy atom. The van der Waals surface area contributed by atoms with E-state index < -0.39 is 5.97 Å². The summed E-state index contributed by atoms with van der Waals surface area (Å²) in [7, 11) is 0. The van der Waals surface area contributed by atoms with Gasteiger partial charge in [0.05, 0.1) is 36.2 Å². The number of rotatable bonds is 6. The fourth-order valence-corrected chi connectivity index (χ4v) is 2.61. The number of para-hydroxylation sites is 1. The number of ketones is 1. The van der Waals surface area contributed by atoms with Crippen LogP contribution in [0.4, 0.5) is 0 Å². The van der Waals surface area contributed by atoms with Crippen LogP contribution in [0.2, 0.25) is 0 Å². The molecule has 5 nitrogen and oxygen atoms in total. The summed E-state index contributed by atoms with van der Waals surface area (Å²) in [5.41, 5.74) is 0.771. The van der Waals surface area contributed by atoms with Crippen molar-refractivity contribution in [2.75, 3.05) is 13.2 Å². The van der Waals surface area contributed by atoms with Crippen molar-refractivity contribution in [1.82, 2.24) is 0 Å². The highest BCUT2D eigenvalue weighted by Crippen LogP contribution is 2.35. The molecule has 2 aromatic carbocycles. The lowest BCUT2D eigenvalue weighted by atomic mass is 10.1. The van der Waals surface area contributed by atoms with E-state index in [1.807, 2.05) is 51.1 Å². The van der Waals surface area contributed by atoms with Gasteiger partial charge >= 0.3 is 5.97 Å². The normalized spacial score (nSPS) is 16.4. The molecule has 0 radical (unpaired) electrons. The Kier molecular flexibility index (Phi) is 5.63. The first kappa shape index (κ1) is 19.1. The molecule has 0 spiro atoms. The molecule has 0 aromatic heterocycles. The number of carbonyl (C=O) groups is 1. The van der Waals surface area contributed by atoms with Crippen LogP contribution in [0.5, 0.6) is 5.75 Å². The number of allylic oxidation sites excluding steroid dienone is 1. The quantitative estimate of drug-likeness (QED) is 0.429. The fraction of sp³-hybridized carbons (Fsp3) is 0.318. The van der Waals surface area contributed by atoms with Crippen LogP contribution in [0.3, 0.4) is 0 Å². The number of ether oxygens (including phenoxy) is 4. The molecule has 1 heterocycles. The SMILES string of the molecule is CC(C)(C)OC=CC(=O)c1ccccc1OC1(c2ccccc2)OCCO1. The molecule has 1 saturated heterocycles. The lowest BCUT2D eigenvalue weighted by Gasteiger charge is -2.28. The Balaban J connectivity index is 1.86. The molecule has 1 aliphatic rings. The maximum absolute atomic E-state index is 12.6. The van der Waals surface area contributed by atoms with Crippen LogP contribution in [-0.2, 0) is 20.2 Å². The number of carbonyl (C=O) groups excluding carboxylic acids is 1. The molecule has 0 saturated carbocycles. The molecule has 142 valence electrons. The summed E-state index contributed by atoms with van der Waals surface area (Å²) >= 11 is 0. The van der Waals surface area contributed by atoms with E-state index in [9.17, 15) is 4.79 Å². The van der Waals surface area contributed by atoms with Gasteiger partial charge in [0.25, 0.3) is 0 Å². The first-order valence-electron chi connectivity index (χ1n) is 8.90. The third kappa shape index (κ3) is 4.76. The van der Waals surface area contributed by atoms with Gasteiger partial charge in [0.2, 0.25) is 0 Å². The average Bonchev–Trinajstić information content (AvgIpc) is 3.11. The van der Waals surface area contributed by atoms with Crippen LogP contribution < -0.4 is 4.74 Å². The van der Waals surface area contributed by atoms with Gasteiger partial charge in [0.1, 0.15) is 5.75 Å². The zero-order valence-electron chi connectivity index (χ0n) is 15.8. The van der Waals surface area contributed by atoms with E-state index in [-0.39, 0.29) is 11.4 Å². The smallest absolute Gasteiger partial charge is 0.356 e. The minimum absolute atomic E-state index is 0.226. The second kappa shape index (κ2) is 7.94. The Morgan fingerprint density at radius 1 is 1.00 bits per heavy atom. The highest BCUT2D eigenvalue weighted by atomic mass is 16.9. The van der Waals surface area contributed by atoms with E-state index in [0.717, 1.165) is 5.56 Å². The summed E-state index contributed by atoms with van der Waals surface area (Å²) < 4.78 is 23.2. The molecular formula is C22H24O5. The summed E-state index contributed by atoms with van der Waals surface area (Å²) in [6.45, 7) is 6.56. The molecule has 2 aromatic rings. The number of hydrogen-bond acceptors (Lipinski definition) is 5. The van der Waals surface area contributed by atoms with Crippen LogP contribution in [0.25, 0.3) is 0 Å². The van der Waals surface area contributed by atoms with Gasteiger partial charge in [-0.3, -0.25) is 4.79 Å². The Hall–Kier alpha value is -2.63. The van der Waals surface area contributed by atoms with Crippen molar-refractivity contribution in [2.24, 2.45) is 0 Å². The predicted molar refractivity (Wildman–Crippen MR) is 101 cm³/mol. The maximum Gasteiger partial charge on any atom is 0.356 e. The summed E-state index contributed by atoms with van der Waals surface area (Å²) in [6, 6.07) is 16.4. The molecular weight excluding hydrogens is 344 g/mol. The van der Waals surface area contributed by atoms with Gasteiger partial charge in [0, 0.05) is 6.08 Å². The van der Waals surface area contributed by atoms with Gasteiger partial charge in [-0.05, 0) is 45.0 Å². The highest BCUT2D eigenvalue weighted by Gasteiger charge is 2.42. The molecule has 0 atom stereocenters. The van der Waals surface area contributed by atoms with Crippen molar-refractivity contribution in [3.8, 4) is 5.75 Å². The third-order valence-electron chi connectivity index (χ3n) is 3.83. The van der Waals surface area contributed by atoms with E-state index in [1.54, 1.807) is 24.3 Å². The number of hydrogen-bond donors (Lipinski definition) is 0. The number of benzene rings is 2. The van der Waals surface area contributed by atoms with Crippen molar-refractivity contribution < 1.29 is 23.7 Å². The monoisotopic (exact) mass is 368 g/mol. The van der Waals surface area contributed by atoms with E-state index in [1.165, 1.54) is 12.3 Å². The fourth-order valence-electron chi connectivity index (χ4n) is 2.61. The van der Waals surface area contributed by atoms with Gasteiger partial charge in [-0.2, -0.15) is 0 Å². The molecule has 1 aliphatic heterocycles. The minimum atomic E-state index is -1.36. The standard InChI is InChI=1S/C22H24O5/c1-21(2,3)24-14-13-19(23)18-11-7-8-12-20(18)27-22(25-15-16-26-22)17-9-5-4-6-10-17/h4-14H,15-16H2,1-3H3. The van der Waals surface area contributed by atoms with Crippen LogP contribution in [0.1, 0.15) is 36.7 Å². The Bertz CT molecular complexity index is 799. The summed E-state index contributed by atoms with van der Waals surface area (Å²) in [4.78, 5) is 12.6. The molecule has 27 heavy (non-hydrogen) atoms. The Morgan fingerprint density at radius 3 is 2.30 bits per heavy atom. The predicted octanol–water partition coefficient (Wildman–Crippen LogP) is 4.43. The van der Waals surface area contributed by atoms with Gasteiger partial charge in [0.15, 0.2) is 5.78 Å². The van der Waals surface area contributed by atoms with Crippen LogP contribution in [0.15, 0.2) is 66.9 Å². The van der Waals surface area contributed by atoms with E-state index in [0.29, 0.717) is 24.5 Å². The zero-order valence-corrected chi connectivity index (χ0v) is 15.8. The van der Waals surface area contributed by atoms with E-state index >= 15 is 0 Å². The molecule has 3 rings (SSSR count). The first-order chi connectivity index (χ1) is 12.9. The van der Waals surface area contributed by atoms with Crippen molar-refractivity contribution in [3.05, 3.63) is 78.1 Å². The van der Waals surface area contributed by atoms with Crippen molar-refractivity contribution >= 4 is 5.78 Å². The first-order valence-corrected chi connectivity index (χ1v) is 8.90. The van der Waals surface area contributed by atoms with Crippen molar-refractivity contribution in [3.63, 3.8) is 0 Å². The summed E-state index contributed by atoms with van der Waals surface area (Å²) in [5.74, 6) is -1.20. The Labute approximate surface area is 159 Å². The second-order valence-electron chi connectivity index (χ2n) is 7.11. The zero-order chi connectivity index (χ0) is 19.3. The summed E-state index contributed by atoms with van der Waals surface area (Å²) in [5, 5.41) is 0. The maximum atomic E-state index is 12.6. The molecule has 0 unspecified atom stereocenters. The van der Waals surface area contributed by atoms with Gasteiger partial charge in [-0.15, -0.1) is 0 Å². The highest BCUT2D eigenvalue weighted by molar-refractivity contribution is 6.06. The average molecular weight is 368 g/mol. The van der Waals surface area contributed by atoms with Crippen molar-refractivity contribution in [1.29, 1.82) is 0 Å². The molecule has 0 amide bonds. The topological polar surface area (TPSA) is 54.0 Å². The van der Waals surface area contributed by atoms with E-state index in [2.05, 4.69) is 0 Å². The van der Waals surface area contributed by atoms with Crippen LogP contribution >= 0.6 is 0 Å². The lowest BCUT2D eigenvalue weighted by Crippen LogP contribution is -2.34. The molecule has 1 fully saturated rings. The molecule has 0 N–H and O–H groups in total. The summed E-state index contributed by atoms with van der Waals surface area (Å²) in [6.07, 6.45) is 2.80. The van der Waals surface area contributed by atoms with Gasteiger partial charge < -0.3 is 18.9 Å². The van der Waals surface area contributed by atoms with Crippen LogP contribution in [-0.4, -0.2) is 24.6 Å². The molecule has 0 bridgehead atoms. The molecule has 0 aliphatic carbocycles. The molecule has 5 heteroatoms.